The van der Waals surface area contributed by atoms with Crippen molar-refractivity contribution < 1.29 is 9.13 Å². The van der Waals surface area contributed by atoms with Crippen molar-refractivity contribution in [3.63, 3.8) is 0 Å². The van der Waals surface area contributed by atoms with E-state index in [1.54, 1.807) is 13.1 Å². The molecule has 86 valence electrons. The Balaban J connectivity index is 2.05. The van der Waals surface area contributed by atoms with E-state index < -0.39 is 5.82 Å². The second-order valence-corrected chi connectivity index (χ2v) is 3.24. The SMILES string of the molecule is Cn1nnc(COc2ccc(C#N)c(F)c2)n1. The molecule has 0 unspecified atom stereocenters. The minimum Gasteiger partial charge on any atom is -0.485 e. The van der Waals surface area contributed by atoms with Gasteiger partial charge in [-0.2, -0.15) is 10.1 Å². The van der Waals surface area contributed by atoms with Gasteiger partial charge < -0.3 is 4.74 Å². The summed E-state index contributed by atoms with van der Waals surface area (Å²) in [4.78, 5) is 1.30. The molecule has 2 rings (SSSR count). The Morgan fingerprint density at radius 1 is 1.53 bits per heavy atom. The van der Waals surface area contributed by atoms with Crippen LogP contribution in [0.15, 0.2) is 18.2 Å². The maximum absolute atomic E-state index is 13.2. The highest BCUT2D eigenvalue weighted by Crippen LogP contribution is 2.16. The van der Waals surface area contributed by atoms with E-state index in [0.29, 0.717) is 11.6 Å². The van der Waals surface area contributed by atoms with Crippen molar-refractivity contribution in [3.05, 3.63) is 35.4 Å². The van der Waals surface area contributed by atoms with E-state index in [2.05, 4.69) is 15.4 Å². The first kappa shape index (κ1) is 11.0. The summed E-state index contributed by atoms with van der Waals surface area (Å²) >= 11 is 0. The van der Waals surface area contributed by atoms with E-state index in [1.165, 1.54) is 16.9 Å². The lowest BCUT2D eigenvalue weighted by molar-refractivity contribution is 0.294. The summed E-state index contributed by atoms with van der Waals surface area (Å²) in [5.41, 5.74) is -0.0185. The quantitative estimate of drug-likeness (QED) is 0.783. The van der Waals surface area contributed by atoms with Gasteiger partial charge in [0.05, 0.1) is 12.6 Å². The van der Waals surface area contributed by atoms with Gasteiger partial charge >= 0.3 is 0 Å². The molecule has 0 spiro atoms. The number of nitrogens with zero attached hydrogens (tertiary/aromatic N) is 5. The molecular weight excluding hydrogens is 225 g/mol. The largest absolute Gasteiger partial charge is 0.485 e. The summed E-state index contributed by atoms with van der Waals surface area (Å²) in [6.45, 7) is 0.0964. The molecule has 0 aliphatic carbocycles. The van der Waals surface area contributed by atoms with Gasteiger partial charge in [0.15, 0.2) is 6.61 Å². The zero-order valence-electron chi connectivity index (χ0n) is 8.96. The Morgan fingerprint density at radius 2 is 2.35 bits per heavy atom. The van der Waals surface area contributed by atoms with Crippen LogP contribution in [0.3, 0.4) is 0 Å². The number of tetrazole rings is 1. The summed E-state index contributed by atoms with van der Waals surface area (Å²) in [7, 11) is 1.64. The summed E-state index contributed by atoms with van der Waals surface area (Å²) < 4.78 is 18.5. The van der Waals surface area contributed by atoms with Crippen LogP contribution >= 0.6 is 0 Å². The van der Waals surface area contributed by atoms with Crippen molar-refractivity contribution in [1.82, 2.24) is 20.2 Å². The second-order valence-electron chi connectivity index (χ2n) is 3.24. The third-order valence-electron chi connectivity index (χ3n) is 1.98. The van der Waals surface area contributed by atoms with Crippen LogP contribution in [0, 0.1) is 17.1 Å². The average molecular weight is 233 g/mol. The van der Waals surface area contributed by atoms with Gasteiger partial charge in [0.2, 0.25) is 5.82 Å². The van der Waals surface area contributed by atoms with Gasteiger partial charge in [-0.05, 0) is 17.3 Å². The van der Waals surface area contributed by atoms with Crippen LogP contribution in [0.25, 0.3) is 0 Å². The molecular formula is C10H8FN5O. The molecule has 0 atom stereocenters. The summed E-state index contributed by atoms with van der Waals surface area (Å²) in [5, 5.41) is 19.8. The van der Waals surface area contributed by atoms with E-state index in [0.717, 1.165) is 6.07 Å². The van der Waals surface area contributed by atoms with Crippen molar-refractivity contribution in [2.24, 2.45) is 7.05 Å². The third-order valence-corrected chi connectivity index (χ3v) is 1.98. The molecule has 0 amide bonds. The van der Waals surface area contributed by atoms with Gasteiger partial charge in [0.25, 0.3) is 0 Å². The fourth-order valence-corrected chi connectivity index (χ4v) is 1.21. The molecule has 6 nitrogen and oxygen atoms in total. The predicted octanol–water partition coefficient (Wildman–Crippen LogP) is 0.800. The molecule has 0 saturated heterocycles. The maximum atomic E-state index is 13.2. The predicted molar refractivity (Wildman–Crippen MR) is 54.2 cm³/mol. The Morgan fingerprint density at radius 3 is 2.94 bits per heavy atom. The summed E-state index contributed by atoms with van der Waals surface area (Å²) in [6.07, 6.45) is 0. The van der Waals surface area contributed by atoms with Crippen molar-refractivity contribution >= 4 is 0 Å². The van der Waals surface area contributed by atoms with Crippen LogP contribution in [0.2, 0.25) is 0 Å². The molecule has 1 heterocycles. The van der Waals surface area contributed by atoms with E-state index in [-0.39, 0.29) is 12.2 Å². The Bertz CT molecular complexity index is 574. The van der Waals surface area contributed by atoms with Crippen LogP contribution in [0.1, 0.15) is 11.4 Å². The van der Waals surface area contributed by atoms with Crippen molar-refractivity contribution in [1.29, 1.82) is 5.26 Å². The number of ether oxygens (including phenoxy) is 1. The molecule has 17 heavy (non-hydrogen) atoms. The van der Waals surface area contributed by atoms with Gasteiger partial charge in [-0.3, -0.25) is 0 Å². The highest BCUT2D eigenvalue weighted by molar-refractivity contribution is 5.36. The number of hydrogen-bond acceptors (Lipinski definition) is 5. The lowest BCUT2D eigenvalue weighted by Crippen LogP contribution is -1.99. The van der Waals surface area contributed by atoms with Gasteiger partial charge in [-0.1, -0.05) is 0 Å². The molecule has 0 aliphatic heterocycles. The molecule has 0 fully saturated rings. The normalized spacial score (nSPS) is 9.94. The molecule has 7 heteroatoms. The number of halogens is 1. The van der Waals surface area contributed by atoms with Crippen LogP contribution < -0.4 is 4.74 Å². The molecule has 2 aromatic rings. The topological polar surface area (TPSA) is 76.6 Å². The van der Waals surface area contributed by atoms with Crippen LogP contribution in [0.4, 0.5) is 4.39 Å². The zero-order chi connectivity index (χ0) is 12.3. The van der Waals surface area contributed by atoms with Crippen LogP contribution in [0.5, 0.6) is 5.75 Å². The van der Waals surface area contributed by atoms with Crippen molar-refractivity contribution in [3.8, 4) is 11.8 Å². The van der Waals surface area contributed by atoms with Crippen LogP contribution in [-0.2, 0) is 13.7 Å². The van der Waals surface area contributed by atoms with E-state index in [4.69, 9.17) is 10.00 Å². The number of aromatic nitrogens is 4. The van der Waals surface area contributed by atoms with E-state index in [9.17, 15) is 4.39 Å². The monoisotopic (exact) mass is 233 g/mol. The minimum atomic E-state index is -0.614. The van der Waals surface area contributed by atoms with Crippen LogP contribution in [-0.4, -0.2) is 20.2 Å². The van der Waals surface area contributed by atoms with E-state index in [1.807, 2.05) is 0 Å². The summed E-state index contributed by atoms with van der Waals surface area (Å²) in [5.74, 6) is 0.100. The van der Waals surface area contributed by atoms with Gasteiger partial charge in [0, 0.05) is 6.07 Å². The van der Waals surface area contributed by atoms with Gasteiger partial charge in [-0.25, -0.2) is 4.39 Å². The highest BCUT2D eigenvalue weighted by Gasteiger charge is 2.05. The van der Waals surface area contributed by atoms with Gasteiger partial charge in [0.1, 0.15) is 17.6 Å². The second kappa shape index (κ2) is 4.57. The molecule has 0 aliphatic rings. The van der Waals surface area contributed by atoms with Crippen molar-refractivity contribution in [2.45, 2.75) is 6.61 Å². The fraction of sp³-hybridized carbons (Fsp3) is 0.200. The fourth-order valence-electron chi connectivity index (χ4n) is 1.21. The molecule has 0 saturated carbocycles. The molecule has 1 aromatic carbocycles. The smallest absolute Gasteiger partial charge is 0.212 e. The standard InChI is InChI=1S/C10H8FN5O/c1-16-14-10(13-15-16)6-17-8-3-2-7(5-12)9(11)4-8/h2-4H,6H2,1H3. The number of rotatable bonds is 3. The first-order valence-corrected chi connectivity index (χ1v) is 4.74. The molecule has 0 bridgehead atoms. The molecule has 1 aromatic heterocycles. The average Bonchev–Trinajstić information content (AvgIpc) is 2.73. The Hall–Kier alpha value is -2.49. The third kappa shape index (κ3) is 2.55. The zero-order valence-corrected chi connectivity index (χ0v) is 8.96. The van der Waals surface area contributed by atoms with E-state index >= 15 is 0 Å². The maximum Gasteiger partial charge on any atom is 0.212 e. The first-order valence-electron chi connectivity index (χ1n) is 4.74. The lowest BCUT2D eigenvalue weighted by Gasteiger charge is -2.03. The molecule has 0 radical (unpaired) electrons. The number of aryl methyl sites for hydroxylation is 1. The lowest BCUT2D eigenvalue weighted by atomic mass is 10.2. The number of hydrogen-bond donors (Lipinski definition) is 0. The Labute approximate surface area is 96.2 Å². The molecule has 0 N–H and O–H groups in total. The summed E-state index contributed by atoms with van der Waals surface area (Å²) in [6, 6.07) is 5.75. The number of benzene rings is 1. The number of nitriles is 1. The highest BCUT2D eigenvalue weighted by atomic mass is 19.1. The Kier molecular flexibility index (Phi) is 2.96. The minimum absolute atomic E-state index is 0.0185. The van der Waals surface area contributed by atoms with Gasteiger partial charge in [-0.15, -0.1) is 10.2 Å². The van der Waals surface area contributed by atoms with Crippen molar-refractivity contribution in [2.75, 3.05) is 0 Å². The first-order chi connectivity index (χ1) is 8.19.